The number of benzene rings is 3. The average Bonchev–Trinajstić information content (AvgIpc) is 2.75. The van der Waals surface area contributed by atoms with Gasteiger partial charge in [0.15, 0.2) is 0 Å². The van der Waals surface area contributed by atoms with Crippen molar-refractivity contribution in [2.24, 2.45) is 0 Å². The first-order chi connectivity index (χ1) is 14.5. The largest absolute Gasteiger partial charge is 0.457 e. The van der Waals surface area contributed by atoms with Gasteiger partial charge in [0, 0.05) is 19.5 Å². The second-order valence-corrected chi connectivity index (χ2v) is 14.4. The number of para-hydroxylation sites is 1. The zero-order chi connectivity index (χ0) is 21.0. The molecule has 0 saturated heterocycles. The third-order valence-corrected chi connectivity index (χ3v) is 6.81. The minimum atomic E-state index is -1.26. The summed E-state index contributed by atoms with van der Waals surface area (Å²) in [5.41, 5.74) is 3.68. The van der Waals surface area contributed by atoms with Crippen molar-refractivity contribution in [3.63, 3.8) is 0 Å². The number of rotatable bonds is 6. The van der Waals surface area contributed by atoms with Crippen LogP contribution < -0.4 is 9.55 Å². The highest BCUT2D eigenvalue weighted by Gasteiger charge is 2.31. The molecule has 4 heteroatoms. The quantitative estimate of drug-likeness (QED) is 0.396. The zero-order valence-corrected chi connectivity index (χ0v) is 19.0. The second kappa shape index (κ2) is 8.80. The van der Waals surface area contributed by atoms with Crippen LogP contribution >= 0.6 is 0 Å². The minimum Gasteiger partial charge on any atom is -0.457 e. The van der Waals surface area contributed by atoms with E-state index in [2.05, 4.69) is 97.2 Å². The minimum absolute atomic E-state index is 0.359. The molecule has 1 heterocycles. The normalized spacial score (nSPS) is 13.9. The molecule has 0 fully saturated rings. The van der Waals surface area contributed by atoms with E-state index in [0.717, 1.165) is 11.5 Å². The predicted molar refractivity (Wildman–Crippen MR) is 133 cm³/mol. The first-order valence-electron chi connectivity index (χ1n) is 10.6. The van der Waals surface area contributed by atoms with Crippen molar-refractivity contribution >= 4 is 26.3 Å². The van der Waals surface area contributed by atoms with Crippen molar-refractivity contribution in [2.75, 3.05) is 4.81 Å². The molecule has 0 aliphatic carbocycles. The molecule has 30 heavy (non-hydrogen) atoms. The van der Waals surface area contributed by atoms with Gasteiger partial charge in [0.1, 0.15) is 11.5 Å². The van der Waals surface area contributed by atoms with Gasteiger partial charge in [-0.25, -0.2) is 0 Å². The van der Waals surface area contributed by atoms with Crippen molar-refractivity contribution in [2.45, 2.75) is 25.6 Å². The van der Waals surface area contributed by atoms with Gasteiger partial charge >= 0.3 is 0 Å². The van der Waals surface area contributed by atoms with Gasteiger partial charge < -0.3 is 9.55 Å². The Morgan fingerprint density at radius 2 is 1.37 bits per heavy atom. The Morgan fingerprint density at radius 1 is 0.767 bits per heavy atom. The summed E-state index contributed by atoms with van der Waals surface area (Å²) in [6.45, 7) is 7.68. The summed E-state index contributed by atoms with van der Waals surface area (Å²) >= 11 is 0. The first-order valence-corrected chi connectivity index (χ1v) is 14.3. The van der Waals surface area contributed by atoms with E-state index in [-0.39, 0.29) is 0 Å². The van der Waals surface area contributed by atoms with Crippen LogP contribution in [-0.2, 0) is 0 Å². The van der Waals surface area contributed by atoms with Crippen molar-refractivity contribution in [1.82, 2.24) is 0 Å². The van der Waals surface area contributed by atoms with Crippen LogP contribution in [0.25, 0.3) is 5.70 Å². The van der Waals surface area contributed by atoms with Gasteiger partial charge in [-0.2, -0.15) is 0 Å². The Kier molecular flexibility index (Phi) is 5.96. The van der Waals surface area contributed by atoms with Gasteiger partial charge in [-0.05, 0) is 48.0 Å². The summed E-state index contributed by atoms with van der Waals surface area (Å²) < 4.78 is 6.00. The highest BCUT2D eigenvalue weighted by Crippen LogP contribution is 2.34. The Balaban J connectivity index is 1.66. The van der Waals surface area contributed by atoms with Gasteiger partial charge in [-0.3, -0.25) is 0 Å². The molecule has 0 spiro atoms. The van der Waals surface area contributed by atoms with Crippen LogP contribution in [0.4, 0.5) is 5.69 Å². The lowest BCUT2D eigenvalue weighted by Gasteiger charge is -2.37. The van der Waals surface area contributed by atoms with Crippen LogP contribution in [0.3, 0.4) is 0 Å². The van der Waals surface area contributed by atoms with E-state index in [4.69, 9.17) is 4.74 Å². The van der Waals surface area contributed by atoms with Crippen molar-refractivity contribution in [3.8, 4) is 11.5 Å². The number of nitrogens with zero attached hydrogens (tertiary/aromatic N) is 1. The molecule has 0 amide bonds. The third-order valence-electron chi connectivity index (χ3n) is 5.16. The van der Waals surface area contributed by atoms with Crippen LogP contribution in [0.1, 0.15) is 5.56 Å². The first kappa shape index (κ1) is 20.3. The number of anilines is 1. The molecule has 2 nitrogen and oxygen atoms in total. The predicted octanol–water partition coefficient (Wildman–Crippen LogP) is 7.30. The lowest BCUT2D eigenvalue weighted by molar-refractivity contribution is 0.483. The summed E-state index contributed by atoms with van der Waals surface area (Å²) in [4.78, 5) is 2.49. The van der Waals surface area contributed by atoms with Crippen LogP contribution in [0.5, 0.6) is 11.5 Å². The highest BCUT2D eigenvalue weighted by atomic mass is 28.3. The molecule has 150 valence electrons. The van der Waals surface area contributed by atoms with Crippen LogP contribution in [0, 0.1) is 0 Å². The maximum atomic E-state index is 6.00. The second-order valence-electron chi connectivity index (χ2n) is 8.91. The molecule has 1 aliphatic heterocycles. The molecule has 0 aromatic heterocycles. The third kappa shape index (κ3) is 4.95. The van der Waals surface area contributed by atoms with Crippen LogP contribution in [0.2, 0.25) is 25.6 Å². The summed E-state index contributed by atoms with van der Waals surface area (Å²) in [5, 5.41) is 0. The van der Waals surface area contributed by atoms with E-state index >= 15 is 0 Å². The van der Waals surface area contributed by atoms with Gasteiger partial charge in [-0.1, -0.05) is 86.2 Å². The SMILES string of the molecule is C[Si](C)(C)CB1C=CC=C(c2ccccc2)N1c1ccc(Oc2ccccc2)cc1. The standard InChI is InChI=1S/C26H28BNOSi/c1-30(2,3)21-27-20-10-15-26(22-11-6-4-7-12-22)28(27)23-16-18-25(19-17-23)29-24-13-8-5-9-14-24/h4-20H,21H2,1-3H3. The number of allylic oxidation sites excluding steroid dienone is 2. The molecule has 0 bridgehead atoms. The Bertz CT molecular complexity index is 1020. The Morgan fingerprint density at radius 3 is 2.00 bits per heavy atom. The van der Waals surface area contributed by atoms with Gasteiger partial charge in [0.2, 0.25) is 0 Å². The molecular weight excluding hydrogens is 381 g/mol. The molecule has 0 atom stereocenters. The smallest absolute Gasteiger partial charge is 0.283 e. The van der Waals surface area contributed by atoms with E-state index in [1.54, 1.807) is 0 Å². The summed E-state index contributed by atoms with van der Waals surface area (Å²) in [5.74, 6) is 5.26. The number of ether oxygens (including phenoxy) is 1. The monoisotopic (exact) mass is 409 g/mol. The fraction of sp³-hybridized carbons (Fsp3) is 0.154. The molecule has 0 saturated carbocycles. The molecule has 1 aliphatic rings. The molecule has 4 rings (SSSR count). The summed E-state index contributed by atoms with van der Waals surface area (Å²) in [7, 11) is -1.26. The highest BCUT2D eigenvalue weighted by molar-refractivity contribution is 6.91. The lowest BCUT2D eigenvalue weighted by Crippen LogP contribution is -2.43. The van der Waals surface area contributed by atoms with Crippen LogP contribution in [0.15, 0.2) is 103 Å². The topological polar surface area (TPSA) is 12.5 Å². The van der Waals surface area contributed by atoms with E-state index in [1.807, 2.05) is 30.3 Å². The molecule has 0 N–H and O–H groups in total. The average molecular weight is 409 g/mol. The van der Waals surface area contributed by atoms with Crippen molar-refractivity contribution < 1.29 is 4.74 Å². The van der Waals surface area contributed by atoms with E-state index < -0.39 is 8.07 Å². The van der Waals surface area contributed by atoms with E-state index in [9.17, 15) is 0 Å². The molecular formula is C26H28BNOSi. The zero-order valence-electron chi connectivity index (χ0n) is 18.0. The Labute approximate surface area is 181 Å². The number of hydrogen-bond acceptors (Lipinski definition) is 2. The lowest BCUT2D eigenvalue weighted by atomic mass is 9.60. The summed E-state index contributed by atoms with van der Waals surface area (Å²) in [6.07, 6.45) is 4.45. The number of hydrogen-bond donors (Lipinski definition) is 0. The van der Waals surface area contributed by atoms with E-state index in [1.165, 1.54) is 22.9 Å². The maximum Gasteiger partial charge on any atom is 0.283 e. The molecule has 3 aromatic carbocycles. The van der Waals surface area contributed by atoms with E-state index in [0.29, 0.717) is 6.85 Å². The van der Waals surface area contributed by atoms with Crippen molar-refractivity contribution in [3.05, 3.63) is 109 Å². The van der Waals surface area contributed by atoms with Crippen molar-refractivity contribution in [1.29, 1.82) is 0 Å². The van der Waals surface area contributed by atoms with Gasteiger partial charge in [0.25, 0.3) is 6.85 Å². The van der Waals surface area contributed by atoms with Gasteiger partial charge in [0.05, 0.1) is 0 Å². The Hall–Kier alpha value is -2.98. The fourth-order valence-corrected chi connectivity index (χ4v) is 5.45. The van der Waals surface area contributed by atoms with Crippen LogP contribution in [-0.4, -0.2) is 14.9 Å². The molecule has 3 aromatic rings. The molecule has 0 unspecified atom stereocenters. The summed E-state index contributed by atoms with van der Waals surface area (Å²) in [6, 6.07) is 29.1. The molecule has 0 radical (unpaired) electrons. The van der Waals surface area contributed by atoms with Gasteiger partial charge in [-0.15, -0.1) is 0 Å². The fourth-order valence-electron chi connectivity index (χ4n) is 3.88. The maximum absolute atomic E-state index is 6.00.